The zero-order valence-electron chi connectivity index (χ0n) is 13.9. The number of carbonyl (C=O) groups excluding carboxylic acids is 2. The summed E-state index contributed by atoms with van der Waals surface area (Å²) in [6, 6.07) is 15.0. The van der Waals surface area contributed by atoms with Crippen molar-refractivity contribution in [3.05, 3.63) is 59.7 Å². The molecular formula is C19H21NO4. The van der Waals surface area contributed by atoms with E-state index in [-0.39, 0.29) is 25.5 Å². The third-order valence-corrected chi connectivity index (χ3v) is 3.35. The van der Waals surface area contributed by atoms with Crippen LogP contribution in [-0.2, 0) is 14.3 Å². The minimum atomic E-state index is -0.470. The Balaban J connectivity index is 1.67. The molecule has 5 heteroatoms. The number of amides is 1. The van der Waals surface area contributed by atoms with E-state index in [9.17, 15) is 9.59 Å². The van der Waals surface area contributed by atoms with E-state index in [0.29, 0.717) is 11.4 Å². The van der Waals surface area contributed by atoms with Crippen LogP contribution in [0.3, 0.4) is 0 Å². The molecule has 126 valence electrons. The van der Waals surface area contributed by atoms with Gasteiger partial charge in [-0.25, -0.2) is 0 Å². The number of ether oxygens (including phenoxy) is 2. The van der Waals surface area contributed by atoms with Crippen LogP contribution in [-0.4, -0.2) is 25.1 Å². The van der Waals surface area contributed by atoms with E-state index < -0.39 is 5.97 Å². The van der Waals surface area contributed by atoms with E-state index in [1.165, 1.54) is 0 Å². The topological polar surface area (TPSA) is 64.6 Å². The van der Waals surface area contributed by atoms with Crippen molar-refractivity contribution in [1.29, 1.82) is 0 Å². The number of hydrogen-bond donors (Lipinski definition) is 1. The first-order valence-corrected chi connectivity index (χ1v) is 7.75. The predicted molar refractivity (Wildman–Crippen MR) is 92.1 cm³/mol. The molecule has 1 N–H and O–H groups in total. The fraction of sp³-hybridized carbons (Fsp3) is 0.263. The third kappa shape index (κ3) is 5.76. The molecule has 1 amide bonds. The molecule has 0 atom stereocenters. The maximum absolute atomic E-state index is 11.8. The Morgan fingerprint density at radius 1 is 1.04 bits per heavy atom. The van der Waals surface area contributed by atoms with Gasteiger partial charge in [-0.05, 0) is 43.2 Å². The van der Waals surface area contributed by atoms with Crippen molar-refractivity contribution >= 4 is 17.6 Å². The fourth-order valence-corrected chi connectivity index (χ4v) is 2.07. The summed E-state index contributed by atoms with van der Waals surface area (Å²) in [6.07, 6.45) is 0.0889. The summed E-state index contributed by atoms with van der Waals surface area (Å²) >= 11 is 0. The van der Waals surface area contributed by atoms with E-state index in [0.717, 1.165) is 11.1 Å². The van der Waals surface area contributed by atoms with Crippen LogP contribution in [0.5, 0.6) is 5.75 Å². The zero-order chi connectivity index (χ0) is 17.4. The first kappa shape index (κ1) is 17.5. The van der Waals surface area contributed by atoms with Gasteiger partial charge in [0.05, 0.1) is 13.0 Å². The highest BCUT2D eigenvalue weighted by molar-refractivity contribution is 5.93. The summed E-state index contributed by atoms with van der Waals surface area (Å²) in [5.41, 5.74) is 2.74. The number of rotatable bonds is 7. The van der Waals surface area contributed by atoms with Crippen LogP contribution in [0, 0.1) is 13.8 Å². The van der Waals surface area contributed by atoms with Gasteiger partial charge in [-0.1, -0.05) is 30.3 Å². The van der Waals surface area contributed by atoms with Crippen LogP contribution in [0.1, 0.15) is 17.5 Å². The molecule has 0 fully saturated rings. The second-order valence-electron chi connectivity index (χ2n) is 5.44. The Bertz CT molecular complexity index is 712. The molecular weight excluding hydrogens is 306 g/mol. The smallest absolute Gasteiger partial charge is 0.309 e. The normalized spacial score (nSPS) is 10.1. The molecule has 0 aliphatic rings. The zero-order valence-corrected chi connectivity index (χ0v) is 13.9. The number of benzene rings is 2. The minimum absolute atomic E-state index is 0.0889. The van der Waals surface area contributed by atoms with E-state index in [4.69, 9.17) is 9.47 Å². The van der Waals surface area contributed by atoms with Gasteiger partial charge in [0.15, 0.2) is 6.61 Å². The Morgan fingerprint density at radius 2 is 1.83 bits per heavy atom. The molecule has 0 spiro atoms. The summed E-state index contributed by atoms with van der Waals surface area (Å²) in [4.78, 5) is 23.4. The second kappa shape index (κ2) is 8.72. The lowest BCUT2D eigenvalue weighted by Gasteiger charge is -2.09. The monoisotopic (exact) mass is 327 g/mol. The second-order valence-corrected chi connectivity index (χ2v) is 5.44. The average Bonchev–Trinajstić information content (AvgIpc) is 2.55. The molecule has 0 heterocycles. The standard InChI is InChI=1S/C19H21NO4/c1-14-6-5-8-16(12-14)23-11-10-19(22)24-13-18(21)20-17-9-4-3-7-15(17)2/h3-9,12H,10-11,13H2,1-2H3,(H,20,21). The van der Waals surface area contributed by atoms with Crippen molar-refractivity contribution in [2.75, 3.05) is 18.5 Å². The van der Waals surface area contributed by atoms with E-state index in [1.54, 1.807) is 6.07 Å². The highest BCUT2D eigenvalue weighted by Gasteiger charge is 2.09. The number of carbonyl (C=O) groups is 2. The van der Waals surface area contributed by atoms with Gasteiger partial charge in [-0.15, -0.1) is 0 Å². The lowest BCUT2D eigenvalue weighted by molar-refractivity contribution is -0.147. The largest absolute Gasteiger partial charge is 0.493 e. The van der Waals surface area contributed by atoms with Crippen LogP contribution in [0.25, 0.3) is 0 Å². The van der Waals surface area contributed by atoms with Gasteiger partial charge in [-0.2, -0.15) is 0 Å². The third-order valence-electron chi connectivity index (χ3n) is 3.35. The van der Waals surface area contributed by atoms with Gasteiger partial charge in [0.1, 0.15) is 5.75 Å². The summed E-state index contributed by atoms with van der Waals surface area (Å²) < 4.78 is 10.4. The van der Waals surface area contributed by atoms with Crippen molar-refractivity contribution < 1.29 is 19.1 Å². The maximum atomic E-state index is 11.8. The van der Waals surface area contributed by atoms with Crippen molar-refractivity contribution in [2.24, 2.45) is 0 Å². The molecule has 2 rings (SSSR count). The summed E-state index contributed by atoms with van der Waals surface area (Å²) in [5.74, 6) is -0.125. The molecule has 24 heavy (non-hydrogen) atoms. The molecule has 0 aromatic heterocycles. The van der Waals surface area contributed by atoms with Crippen LogP contribution in [0.15, 0.2) is 48.5 Å². The summed E-state index contributed by atoms with van der Waals surface area (Å²) in [7, 11) is 0. The molecule has 0 aliphatic carbocycles. The van der Waals surface area contributed by atoms with Gasteiger partial charge in [0.2, 0.25) is 0 Å². The number of esters is 1. The SMILES string of the molecule is Cc1cccc(OCCC(=O)OCC(=O)Nc2ccccc2C)c1. The molecule has 5 nitrogen and oxygen atoms in total. The van der Waals surface area contributed by atoms with E-state index in [2.05, 4.69) is 5.32 Å². The lowest BCUT2D eigenvalue weighted by atomic mass is 10.2. The van der Waals surface area contributed by atoms with Gasteiger partial charge < -0.3 is 14.8 Å². The van der Waals surface area contributed by atoms with E-state index in [1.807, 2.05) is 56.3 Å². The first-order valence-electron chi connectivity index (χ1n) is 7.75. The average molecular weight is 327 g/mol. The van der Waals surface area contributed by atoms with Gasteiger partial charge >= 0.3 is 5.97 Å². The number of aryl methyl sites for hydroxylation is 2. The summed E-state index contributed by atoms with van der Waals surface area (Å²) in [5, 5.41) is 2.71. The first-order chi connectivity index (χ1) is 11.5. The summed E-state index contributed by atoms with van der Waals surface area (Å²) in [6.45, 7) is 3.76. The molecule has 0 saturated carbocycles. The van der Waals surface area contributed by atoms with Crippen molar-refractivity contribution in [3.8, 4) is 5.75 Å². The van der Waals surface area contributed by atoms with Gasteiger partial charge in [0.25, 0.3) is 5.91 Å². The van der Waals surface area contributed by atoms with Crippen LogP contribution >= 0.6 is 0 Å². The molecule has 0 saturated heterocycles. The predicted octanol–water partition coefficient (Wildman–Crippen LogP) is 3.25. The van der Waals surface area contributed by atoms with Crippen molar-refractivity contribution in [2.45, 2.75) is 20.3 Å². The van der Waals surface area contributed by atoms with Crippen LogP contribution in [0.4, 0.5) is 5.69 Å². The Labute approximate surface area is 141 Å². The number of anilines is 1. The number of para-hydroxylation sites is 1. The highest BCUT2D eigenvalue weighted by atomic mass is 16.5. The molecule has 2 aromatic carbocycles. The highest BCUT2D eigenvalue weighted by Crippen LogP contribution is 2.13. The van der Waals surface area contributed by atoms with Crippen LogP contribution < -0.4 is 10.1 Å². The molecule has 2 aromatic rings. The Kier molecular flexibility index (Phi) is 6.37. The number of nitrogens with one attached hydrogen (secondary N) is 1. The van der Waals surface area contributed by atoms with E-state index >= 15 is 0 Å². The number of hydrogen-bond acceptors (Lipinski definition) is 4. The van der Waals surface area contributed by atoms with Crippen molar-refractivity contribution in [1.82, 2.24) is 0 Å². The maximum Gasteiger partial charge on any atom is 0.309 e. The minimum Gasteiger partial charge on any atom is -0.493 e. The fourth-order valence-electron chi connectivity index (χ4n) is 2.07. The molecule has 0 bridgehead atoms. The Hall–Kier alpha value is -2.82. The van der Waals surface area contributed by atoms with Crippen molar-refractivity contribution in [3.63, 3.8) is 0 Å². The van der Waals surface area contributed by atoms with Gasteiger partial charge in [-0.3, -0.25) is 9.59 Å². The quantitative estimate of drug-likeness (QED) is 0.793. The molecule has 0 unspecified atom stereocenters. The lowest BCUT2D eigenvalue weighted by Crippen LogP contribution is -2.22. The molecule has 0 aliphatic heterocycles. The molecule has 0 radical (unpaired) electrons. The van der Waals surface area contributed by atoms with Crippen LogP contribution in [0.2, 0.25) is 0 Å². The van der Waals surface area contributed by atoms with Gasteiger partial charge in [0, 0.05) is 5.69 Å². The Morgan fingerprint density at radius 3 is 2.58 bits per heavy atom.